The number of hydrogen-bond acceptors (Lipinski definition) is 4. The van der Waals surface area contributed by atoms with Gasteiger partial charge in [0, 0.05) is 11.6 Å². The van der Waals surface area contributed by atoms with E-state index >= 15 is 0 Å². The monoisotopic (exact) mass is 260 g/mol. The largest absolute Gasteiger partial charge is 0.259 e. The Bertz CT molecular complexity index is 598. The van der Waals surface area contributed by atoms with Crippen LogP contribution in [0, 0.1) is 32.1 Å². The lowest BCUT2D eigenvalue weighted by Crippen LogP contribution is -2.17. The zero-order valence-corrected chi connectivity index (χ0v) is 10.1. The first kappa shape index (κ1) is 11.8. The molecule has 6 nitrogen and oxygen atoms in total. The summed E-state index contributed by atoms with van der Waals surface area (Å²) < 4.78 is 0. The molecule has 1 fully saturated rings. The van der Waals surface area contributed by atoms with Crippen LogP contribution in [0.4, 0.5) is 0 Å². The minimum atomic E-state index is -0.385. The smallest absolute Gasteiger partial charge is 0.256 e. The molecule has 0 aromatic heterocycles. The highest BCUT2D eigenvalue weighted by atomic mass is 16.6. The number of fused-ring (bicyclic) bond motifs is 3. The molecule has 3 aliphatic carbocycles. The first-order valence-electron chi connectivity index (χ1n) is 6.19. The van der Waals surface area contributed by atoms with Gasteiger partial charge in [0.15, 0.2) is 0 Å². The van der Waals surface area contributed by atoms with Crippen molar-refractivity contribution in [2.45, 2.75) is 19.3 Å². The van der Waals surface area contributed by atoms with Crippen molar-refractivity contribution in [3.05, 3.63) is 67.1 Å². The molecule has 0 radical (unpaired) electrons. The van der Waals surface area contributed by atoms with Crippen LogP contribution in [0.5, 0.6) is 0 Å². The summed E-state index contributed by atoms with van der Waals surface area (Å²) >= 11 is 0. The van der Waals surface area contributed by atoms with Crippen molar-refractivity contribution in [1.29, 1.82) is 0 Å². The minimum Gasteiger partial charge on any atom is -0.259 e. The van der Waals surface area contributed by atoms with Gasteiger partial charge in [0.2, 0.25) is 0 Å². The summed E-state index contributed by atoms with van der Waals surface area (Å²) in [6, 6.07) is 0. The third-order valence-corrected chi connectivity index (χ3v) is 4.00. The van der Waals surface area contributed by atoms with Crippen LogP contribution in [0.1, 0.15) is 19.3 Å². The summed E-state index contributed by atoms with van der Waals surface area (Å²) in [5.41, 5.74) is 2.06. The summed E-state index contributed by atoms with van der Waals surface area (Å²) in [5, 5.41) is 22.3. The van der Waals surface area contributed by atoms with Crippen LogP contribution in [-0.4, -0.2) is 9.85 Å². The van der Waals surface area contributed by atoms with Gasteiger partial charge in [-0.3, -0.25) is 20.2 Å². The number of nitro groups is 2. The van der Waals surface area contributed by atoms with Crippen LogP contribution in [0.15, 0.2) is 46.8 Å². The van der Waals surface area contributed by atoms with E-state index in [1.54, 1.807) is 12.2 Å². The summed E-state index contributed by atoms with van der Waals surface area (Å²) in [6.45, 7) is 0. The second-order valence-corrected chi connectivity index (χ2v) is 5.00. The van der Waals surface area contributed by atoms with Gasteiger partial charge in [-0.15, -0.1) is 0 Å². The summed E-state index contributed by atoms with van der Waals surface area (Å²) in [7, 11) is 0. The predicted octanol–water partition coefficient (Wildman–Crippen LogP) is 2.60. The summed E-state index contributed by atoms with van der Waals surface area (Å²) in [5.74, 6) is -0.671. The molecule has 19 heavy (non-hydrogen) atoms. The zero-order chi connectivity index (χ0) is 13.6. The molecule has 2 unspecified atom stereocenters. The number of nitrogens with zero attached hydrogens (tertiary/aromatic N) is 2. The van der Waals surface area contributed by atoms with E-state index in [-0.39, 0.29) is 33.1 Å². The fraction of sp³-hybridized carbons (Fsp3) is 0.385. The average molecular weight is 260 g/mol. The molecule has 0 aromatic carbocycles. The van der Waals surface area contributed by atoms with Gasteiger partial charge in [0.05, 0.1) is 21.7 Å². The maximum Gasteiger partial charge on any atom is 0.256 e. The molecule has 0 amide bonds. The molecule has 0 saturated heterocycles. The lowest BCUT2D eigenvalue weighted by Gasteiger charge is -2.21. The van der Waals surface area contributed by atoms with Crippen molar-refractivity contribution in [1.82, 2.24) is 0 Å². The summed E-state index contributed by atoms with van der Waals surface area (Å²) in [4.78, 5) is 21.6. The fourth-order valence-corrected chi connectivity index (χ4v) is 3.02. The molecule has 98 valence electrons. The molecule has 0 heterocycles. The molecule has 1 saturated carbocycles. The molecule has 0 aliphatic heterocycles. The molecule has 2 atom stereocenters. The van der Waals surface area contributed by atoms with Crippen LogP contribution in [-0.2, 0) is 0 Å². The highest BCUT2D eigenvalue weighted by molar-refractivity contribution is 5.46. The molecule has 3 aliphatic rings. The van der Waals surface area contributed by atoms with E-state index in [1.165, 1.54) is 6.08 Å². The Labute approximate surface area is 109 Å². The van der Waals surface area contributed by atoms with Gasteiger partial charge in [-0.25, -0.2) is 0 Å². The van der Waals surface area contributed by atoms with Gasteiger partial charge >= 0.3 is 0 Å². The molecule has 0 aromatic rings. The van der Waals surface area contributed by atoms with Crippen molar-refractivity contribution in [2.75, 3.05) is 0 Å². The lowest BCUT2D eigenvalue weighted by molar-refractivity contribution is -0.437. The molecule has 0 spiro atoms. The maximum atomic E-state index is 11.3. The van der Waals surface area contributed by atoms with Crippen molar-refractivity contribution in [2.24, 2.45) is 11.8 Å². The number of hydrogen-bond donors (Lipinski definition) is 0. The van der Waals surface area contributed by atoms with E-state index in [4.69, 9.17) is 0 Å². The second kappa shape index (κ2) is 4.15. The zero-order valence-electron chi connectivity index (χ0n) is 10.1. The Hall–Kier alpha value is -2.24. The van der Waals surface area contributed by atoms with Gasteiger partial charge in [0.1, 0.15) is 0 Å². The van der Waals surface area contributed by atoms with Crippen molar-refractivity contribution in [3.63, 3.8) is 0 Å². The van der Waals surface area contributed by atoms with Crippen LogP contribution < -0.4 is 0 Å². The van der Waals surface area contributed by atoms with Gasteiger partial charge in [0.25, 0.3) is 11.4 Å². The first-order valence-corrected chi connectivity index (χ1v) is 6.19. The van der Waals surface area contributed by atoms with Crippen molar-refractivity contribution < 1.29 is 9.85 Å². The maximum absolute atomic E-state index is 11.3. The van der Waals surface area contributed by atoms with Crippen molar-refractivity contribution in [3.8, 4) is 0 Å². The molecule has 6 heteroatoms. The topological polar surface area (TPSA) is 86.3 Å². The van der Waals surface area contributed by atoms with E-state index in [0.29, 0.717) is 12.8 Å². The van der Waals surface area contributed by atoms with Crippen LogP contribution in [0.25, 0.3) is 0 Å². The molecule has 3 rings (SSSR count). The third-order valence-electron chi connectivity index (χ3n) is 4.00. The van der Waals surface area contributed by atoms with E-state index in [9.17, 15) is 20.2 Å². The van der Waals surface area contributed by atoms with Gasteiger partial charge < -0.3 is 0 Å². The Morgan fingerprint density at radius 2 is 1.89 bits per heavy atom. The Balaban J connectivity index is 2.09. The van der Waals surface area contributed by atoms with E-state index in [2.05, 4.69) is 0 Å². The van der Waals surface area contributed by atoms with E-state index in [0.717, 1.165) is 17.6 Å². The van der Waals surface area contributed by atoms with Crippen LogP contribution in [0.2, 0.25) is 0 Å². The van der Waals surface area contributed by atoms with Gasteiger partial charge in [-0.05, 0) is 24.8 Å². The van der Waals surface area contributed by atoms with Crippen molar-refractivity contribution >= 4 is 0 Å². The molecular formula is C13H12N2O4. The van der Waals surface area contributed by atoms with Gasteiger partial charge in [-0.2, -0.15) is 0 Å². The average Bonchev–Trinajstić information content (AvgIpc) is 2.57. The van der Waals surface area contributed by atoms with E-state index in [1.807, 2.05) is 6.08 Å². The summed E-state index contributed by atoms with van der Waals surface area (Å²) in [6.07, 6.45) is 8.49. The SMILES string of the molecule is O=[N+]([O-])C1=CC=CC2CC1C=C1CCC1=C2[N+](=O)[O-]. The lowest BCUT2D eigenvalue weighted by atomic mass is 9.82. The number of allylic oxidation sites excluding steroid dienone is 6. The predicted molar refractivity (Wildman–Crippen MR) is 67.2 cm³/mol. The molecule has 2 bridgehead atoms. The van der Waals surface area contributed by atoms with Crippen LogP contribution in [0.3, 0.4) is 0 Å². The molecular weight excluding hydrogens is 248 g/mol. The van der Waals surface area contributed by atoms with Crippen LogP contribution >= 0.6 is 0 Å². The standard InChI is InChI=1S/C13H12N2O4/c16-14(17)12-3-1-2-9-7-10(12)6-8-4-5-11(8)13(9)15(18)19/h1-3,6,9-10H,4-5,7H2. The Morgan fingerprint density at radius 1 is 1.11 bits per heavy atom. The number of rotatable bonds is 2. The molecule has 0 N–H and O–H groups in total. The highest BCUT2D eigenvalue weighted by Crippen LogP contribution is 2.45. The highest BCUT2D eigenvalue weighted by Gasteiger charge is 2.40. The normalized spacial score (nSPS) is 28.4. The van der Waals surface area contributed by atoms with Gasteiger partial charge in [-0.1, -0.05) is 18.2 Å². The first-order chi connectivity index (χ1) is 9.08. The fourth-order valence-electron chi connectivity index (χ4n) is 3.02. The van der Waals surface area contributed by atoms with E-state index < -0.39 is 0 Å². The third kappa shape index (κ3) is 1.80. The quantitative estimate of drug-likeness (QED) is 0.564. The Kier molecular flexibility index (Phi) is 2.58. The minimum absolute atomic E-state index is 0.127. The second-order valence-electron chi connectivity index (χ2n) is 5.00. The Morgan fingerprint density at radius 3 is 2.47 bits per heavy atom.